The molecule has 0 amide bonds. The van der Waals surface area contributed by atoms with E-state index >= 15 is 0 Å². The summed E-state index contributed by atoms with van der Waals surface area (Å²) in [5.41, 5.74) is 1.24. The predicted octanol–water partition coefficient (Wildman–Crippen LogP) is 1.16. The molecule has 0 aliphatic rings. The average molecular weight is 231 g/mol. The first-order valence-electron chi connectivity index (χ1n) is 5.59. The first kappa shape index (κ1) is 11.6. The van der Waals surface area contributed by atoms with E-state index in [1.807, 2.05) is 32.6 Å². The fourth-order valence-corrected chi connectivity index (χ4v) is 1.66. The van der Waals surface area contributed by atoms with Crippen LogP contribution < -0.4 is 10.2 Å². The zero-order valence-electron chi connectivity index (χ0n) is 10.1. The Bertz CT molecular complexity index is 452. The molecule has 0 radical (unpaired) electrons. The maximum Gasteiger partial charge on any atom is 0.144 e. The number of aromatic nitrogens is 3. The third-order valence-electron chi connectivity index (χ3n) is 2.50. The van der Waals surface area contributed by atoms with Gasteiger partial charge in [0.2, 0.25) is 0 Å². The molecule has 2 rings (SSSR count). The van der Waals surface area contributed by atoms with Crippen molar-refractivity contribution in [1.82, 2.24) is 20.3 Å². The number of hydrogen-bond acceptors (Lipinski definition) is 4. The first-order chi connectivity index (χ1) is 8.29. The fraction of sp³-hybridized carbons (Fsp3) is 0.333. The van der Waals surface area contributed by atoms with E-state index in [4.69, 9.17) is 0 Å². The summed E-state index contributed by atoms with van der Waals surface area (Å²) in [6.07, 6.45) is 5.71. The lowest BCUT2D eigenvalue weighted by atomic mass is 10.3. The van der Waals surface area contributed by atoms with Gasteiger partial charge in [0, 0.05) is 32.2 Å². The quantitative estimate of drug-likeness (QED) is 0.810. The number of nitrogens with one attached hydrogen (secondary N) is 2. The highest BCUT2D eigenvalue weighted by Crippen LogP contribution is 2.11. The van der Waals surface area contributed by atoms with Crippen LogP contribution in [0.1, 0.15) is 11.4 Å². The summed E-state index contributed by atoms with van der Waals surface area (Å²) in [4.78, 5) is 13.8. The van der Waals surface area contributed by atoms with E-state index in [0.29, 0.717) is 6.54 Å². The van der Waals surface area contributed by atoms with Gasteiger partial charge in [-0.1, -0.05) is 0 Å². The van der Waals surface area contributed by atoms with Crippen molar-refractivity contribution in [2.75, 3.05) is 19.0 Å². The Morgan fingerprint density at radius 3 is 3.00 bits per heavy atom. The second kappa shape index (κ2) is 5.45. The summed E-state index contributed by atoms with van der Waals surface area (Å²) in [6.45, 7) is 1.52. The minimum absolute atomic E-state index is 0.686. The molecular formula is C12H17N5. The second-order valence-corrected chi connectivity index (χ2v) is 3.94. The Morgan fingerprint density at radius 2 is 2.29 bits per heavy atom. The van der Waals surface area contributed by atoms with Gasteiger partial charge in [0.05, 0.1) is 6.54 Å². The lowest BCUT2D eigenvalue weighted by Crippen LogP contribution is -2.19. The van der Waals surface area contributed by atoms with Crippen molar-refractivity contribution in [2.45, 2.75) is 13.1 Å². The van der Waals surface area contributed by atoms with E-state index in [1.165, 1.54) is 5.56 Å². The van der Waals surface area contributed by atoms with Gasteiger partial charge in [0.1, 0.15) is 11.6 Å². The summed E-state index contributed by atoms with van der Waals surface area (Å²) >= 11 is 0. The molecule has 2 N–H and O–H groups in total. The van der Waals surface area contributed by atoms with Gasteiger partial charge in [-0.05, 0) is 24.7 Å². The highest BCUT2D eigenvalue weighted by atomic mass is 15.2. The number of H-pyrrole nitrogens is 1. The lowest BCUT2D eigenvalue weighted by molar-refractivity contribution is 0.750. The second-order valence-electron chi connectivity index (χ2n) is 3.94. The molecule has 0 aromatic carbocycles. The van der Waals surface area contributed by atoms with Crippen molar-refractivity contribution in [3.05, 3.63) is 42.1 Å². The van der Waals surface area contributed by atoms with Crippen molar-refractivity contribution < 1.29 is 0 Å². The molecule has 0 bridgehead atoms. The SMILES string of the molecule is CNCc1nccc(N(C)Cc2cc[nH]c2)n1. The first-order valence-corrected chi connectivity index (χ1v) is 5.59. The molecule has 2 aromatic rings. The maximum absolute atomic E-state index is 4.49. The molecule has 0 aliphatic carbocycles. The van der Waals surface area contributed by atoms with Gasteiger partial charge in [-0.15, -0.1) is 0 Å². The van der Waals surface area contributed by atoms with E-state index in [2.05, 4.69) is 31.2 Å². The molecule has 5 nitrogen and oxygen atoms in total. The van der Waals surface area contributed by atoms with Crippen molar-refractivity contribution >= 4 is 5.82 Å². The molecule has 0 aliphatic heterocycles. The zero-order valence-corrected chi connectivity index (χ0v) is 10.1. The molecule has 0 fully saturated rings. The van der Waals surface area contributed by atoms with Gasteiger partial charge in [-0.25, -0.2) is 9.97 Å². The molecule has 2 heterocycles. The highest BCUT2D eigenvalue weighted by molar-refractivity contribution is 5.37. The van der Waals surface area contributed by atoms with E-state index in [1.54, 1.807) is 6.20 Å². The molecule has 17 heavy (non-hydrogen) atoms. The van der Waals surface area contributed by atoms with Crippen LogP contribution in [0.3, 0.4) is 0 Å². The van der Waals surface area contributed by atoms with Crippen LogP contribution in [0.2, 0.25) is 0 Å². The normalized spacial score (nSPS) is 10.5. The number of anilines is 1. The lowest BCUT2D eigenvalue weighted by Gasteiger charge is -2.17. The standard InChI is InChI=1S/C12H17N5/c1-13-8-11-15-6-4-12(16-11)17(2)9-10-3-5-14-7-10/h3-7,13-14H,8-9H2,1-2H3. The van der Waals surface area contributed by atoms with Crippen LogP contribution >= 0.6 is 0 Å². The summed E-state index contributed by atoms with van der Waals surface area (Å²) in [7, 11) is 3.91. The van der Waals surface area contributed by atoms with Gasteiger partial charge >= 0.3 is 0 Å². The highest BCUT2D eigenvalue weighted by Gasteiger charge is 2.05. The van der Waals surface area contributed by atoms with Crippen molar-refractivity contribution in [3.63, 3.8) is 0 Å². The third kappa shape index (κ3) is 3.04. The summed E-state index contributed by atoms with van der Waals surface area (Å²) in [5, 5.41) is 3.05. The van der Waals surface area contributed by atoms with E-state index in [-0.39, 0.29) is 0 Å². The molecular weight excluding hydrogens is 214 g/mol. The molecule has 90 valence electrons. The molecule has 5 heteroatoms. The molecule has 0 unspecified atom stereocenters. The Labute approximate surface area is 101 Å². The number of hydrogen-bond donors (Lipinski definition) is 2. The van der Waals surface area contributed by atoms with Gasteiger partial charge in [-0.3, -0.25) is 0 Å². The molecule has 2 aromatic heterocycles. The number of nitrogens with zero attached hydrogens (tertiary/aromatic N) is 3. The van der Waals surface area contributed by atoms with Crippen LogP contribution in [0.25, 0.3) is 0 Å². The molecule has 0 saturated heterocycles. The smallest absolute Gasteiger partial charge is 0.144 e. The van der Waals surface area contributed by atoms with Crippen LogP contribution in [0.4, 0.5) is 5.82 Å². The Hall–Kier alpha value is -1.88. The Balaban J connectivity index is 2.07. The summed E-state index contributed by atoms with van der Waals surface area (Å²) in [6, 6.07) is 3.98. The van der Waals surface area contributed by atoms with Crippen LogP contribution in [-0.4, -0.2) is 29.0 Å². The van der Waals surface area contributed by atoms with Gasteiger partial charge in [0.15, 0.2) is 0 Å². The van der Waals surface area contributed by atoms with Crippen LogP contribution in [0.15, 0.2) is 30.7 Å². The Kier molecular flexibility index (Phi) is 3.72. The van der Waals surface area contributed by atoms with Gasteiger partial charge < -0.3 is 15.2 Å². The average Bonchev–Trinajstić information content (AvgIpc) is 2.83. The fourth-order valence-electron chi connectivity index (χ4n) is 1.66. The van der Waals surface area contributed by atoms with Crippen LogP contribution in [0, 0.1) is 0 Å². The summed E-state index contributed by atoms with van der Waals surface area (Å²) < 4.78 is 0. The topological polar surface area (TPSA) is 56.8 Å². The zero-order chi connectivity index (χ0) is 12.1. The van der Waals surface area contributed by atoms with Crippen LogP contribution in [-0.2, 0) is 13.1 Å². The minimum Gasteiger partial charge on any atom is -0.367 e. The van der Waals surface area contributed by atoms with E-state index in [9.17, 15) is 0 Å². The van der Waals surface area contributed by atoms with E-state index in [0.717, 1.165) is 18.2 Å². The van der Waals surface area contributed by atoms with E-state index < -0.39 is 0 Å². The molecule has 0 saturated carbocycles. The predicted molar refractivity (Wildman–Crippen MR) is 67.7 cm³/mol. The third-order valence-corrected chi connectivity index (χ3v) is 2.50. The van der Waals surface area contributed by atoms with Gasteiger partial charge in [0.25, 0.3) is 0 Å². The Morgan fingerprint density at radius 1 is 1.41 bits per heavy atom. The van der Waals surface area contributed by atoms with Crippen LogP contribution in [0.5, 0.6) is 0 Å². The summed E-state index contributed by atoms with van der Waals surface area (Å²) in [5.74, 6) is 1.75. The van der Waals surface area contributed by atoms with Crippen molar-refractivity contribution in [3.8, 4) is 0 Å². The minimum atomic E-state index is 0.686. The van der Waals surface area contributed by atoms with Crippen molar-refractivity contribution in [1.29, 1.82) is 0 Å². The number of rotatable bonds is 5. The largest absolute Gasteiger partial charge is 0.367 e. The molecule has 0 atom stereocenters. The van der Waals surface area contributed by atoms with Gasteiger partial charge in [-0.2, -0.15) is 0 Å². The molecule has 0 spiro atoms. The number of aromatic amines is 1. The monoisotopic (exact) mass is 231 g/mol. The maximum atomic E-state index is 4.49. The van der Waals surface area contributed by atoms with Crippen molar-refractivity contribution in [2.24, 2.45) is 0 Å².